The third-order valence-electron chi connectivity index (χ3n) is 2.89. The van der Waals surface area contributed by atoms with Gasteiger partial charge in [-0.25, -0.2) is 0 Å². The van der Waals surface area contributed by atoms with Crippen LogP contribution in [0.3, 0.4) is 0 Å². The van der Waals surface area contributed by atoms with E-state index in [1.807, 2.05) is 13.0 Å². The molecule has 0 fully saturated rings. The van der Waals surface area contributed by atoms with E-state index in [9.17, 15) is 5.11 Å². The van der Waals surface area contributed by atoms with Crippen molar-refractivity contribution in [1.29, 1.82) is 0 Å². The first kappa shape index (κ1) is 11.0. The Labute approximate surface area is 95.8 Å². The summed E-state index contributed by atoms with van der Waals surface area (Å²) in [5.74, 6) is 0.708. The van der Waals surface area contributed by atoms with Crippen LogP contribution >= 0.6 is 0 Å². The number of benzene rings is 1. The highest BCUT2D eigenvalue weighted by Gasteiger charge is 2.26. The molecule has 0 amide bonds. The molecule has 0 spiro atoms. The van der Waals surface area contributed by atoms with Gasteiger partial charge in [-0.15, -0.1) is 0 Å². The summed E-state index contributed by atoms with van der Waals surface area (Å²) < 4.78 is 5.12. The third-order valence-corrected chi connectivity index (χ3v) is 2.89. The van der Waals surface area contributed by atoms with Crippen LogP contribution in [-0.2, 0) is 6.42 Å². The van der Waals surface area contributed by atoms with Gasteiger partial charge < -0.3 is 9.84 Å². The monoisotopic (exact) mass is 219 g/mol. The number of nitrogens with zero attached hydrogens (tertiary/aromatic N) is 1. The lowest BCUT2D eigenvalue weighted by atomic mass is 9.87. The first-order valence-electron chi connectivity index (χ1n) is 5.40. The lowest BCUT2D eigenvalue weighted by Crippen LogP contribution is -2.27. The molecule has 0 saturated carbocycles. The molecule has 1 aliphatic heterocycles. The van der Waals surface area contributed by atoms with E-state index in [2.05, 4.69) is 18.8 Å². The van der Waals surface area contributed by atoms with Crippen molar-refractivity contribution in [3.63, 3.8) is 0 Å². The summed E-state index contributed by atoms with van der Waals surface area (Å²) >= 11 is 0. The van der Waals surface area contributed by atoms with Gasteiger partial charge in [0.15, 0.2) is 11.5 Å². The van der Waals surface area contributed by atoms with Crippen molar-refractivity contribution in [2.75, 3.05) is 7.11 Å². The van der Waals surface area contributed by atoms with Gasteiger partial charge in [0.25, 0.3) is 0 Å². The van der Waals surface area contributed by atoms with E-state index in [1.165, 1.54) is 5.56 Å². The zero-order valence-electron chi connectivity index (χ0n) is 10.2. The summed E-state index contributed by atoms with van der Waals surface area (Å²) in [5, 5.41) is 9.73. The smallest absolute Gasteiger partial charge is 0.160 e. The normalized spacial score (nSPS) is 17.6. The minimum Gasteiger partial charge on any atom is -0.504 e. The van der Waals surface area contributed by atoms with E-state index < -0.39 is 0 Å². The number of ether oxygens (including phenoxy) is 1. The topological polar surface area (TPSA) is 41.8 Å². The molecular weight excluding hydrogens is 202 g/mol. The molecule has 16 heavy (non-hydrogen) atoms. The number of hydrogen-bond acceptors (Lipinski definition) is 3. The molecule has 2 rings (SSSR count). The van der Waals surface area contributed by atoms with Crippen LogP contribution in [0.5, 0.6) is 11.5 Å². The Balaban J connectivity index is 2.58. The molecule has 0 radical (unpaired) electrons. The summed E-state index contributed by atoms with van der Waals surface area (Å²) in [5.41, 5.74) is 3.12. The molecule has 0 aliphatic carbocycles. The Kier molecular flexibility index (Phi) is 2.41. The van der Waals surface area contributed by atoms with E-state index in [0.717, 1.165) is 17.7 Å². The van der Waals surface area contributed by atoms with Crippen LogP contribution < -0.4 is 4.74 Å². The molecule has 1 N–H and O–H groups in total. The first-order chi connectivity index (χ1) is 7.43. The molecule has 3 nitrogen and oxygen atoms in total. The predicted molar refractivity (Wildman–Crippen MR) is 64.7 cm³/mol. The number of methoxy groups -OCH3 is 1. The zero-order chi connectivity index (χ0) is 11.9. The van der Waals surface area contributed by atoms with E-state index >= 15 is 0 Å². The Hall–Kier alpha value is -1.51. The maximum atomic E-state index is 9.73. The van der Waals surface area contributed by atoms with Crippen molar-refractivity contribution in [3.8, 4) is 11.5 Å². The van der Waals surface area contributed by atoms with Gasteiger partial charge in [0, 0.05) is 11.3 Å². The molecule has 1 heterocycles. The predicted octanol–water partition coefficient (Wildman–Crippen LogP) is 2.54. The fourth-order valence-electron chi connectivity index (χ4n) is 2.28. The average molecular weight is 219 g/mol. The Morgan fingerprint density at radius 3 is 2.69 bits per heavy atom. The number of phenolic OH excluding ortho intramolecular Hbond substituents is 1. The van der Waals surface area contributed by atoms with Gasteiger partial charge in [0.2, 0.25) is 0 Å². The molecule has 86 valence electrons. The lowest BCUT2D eigenvalue weighted by Gasteiger charge is -2.28. The Morgan fingerprint density at radius 2 is 2.06 bits per heavy atom. The van der Waals surface area contributed by atoms with Gasteiger partial charge in [-0.2, -0.15) is 0 Å². The number of aromatic hydroxyl groups is 1. The van der Waals surface area contributed by atoms with Crippen molar-refractivity contribution in [3.05, 3.63) is 23.3 Å². The SMILES string of the molecule is COc1cc2c(cc1O)C(C)=NC(C)(C)C2. The van der Waals surface area contributed by atoms with Crippen LogP contribution in [0.2, 0.25) is 0 Å². The van der Waals surface area contributed by atoms with Gasteiger partial charge in [-0.05, 0) is 44.9 Å². The molecule has 1 aliphatic rings. The largest absolute Gasteiger partial charge is 0.504 e. The van der Waals surface area contributed by atoms with Crippen LogP contribution in [0.25, 0.3) is 0 Å². The molecule has 1 aromatic rings. The lowest BCUT2D eigenvalue weighted by molar-refractivity contribution is 0.372. The van der Waals surface area contributed by atoms with E-state index in [4.69, 9.17) is 4.74 Å². The fraction of sp³-hybridized carbons (Fsp3) is 0.462. The second-order valence-corrected chi connectivity index (χ2v) is 4.87. The van der Waals surface area contributed by atoms with Crippen molar-refractivity contribution < 1.29 is 9.84 Å². The Morgan fingerprint density at radius 1 is 1.38 bits per heavy atom. The molecule has 0 bridgehead atoms. The Bertz CT molecular complexity index is 461. The number of fused-ring (bicyclic) bond motifs is 1. The van der Waals surface area contributed by atoms with Crippen LogP contribution in [0.1, 0.15) is 31.9 Å². The summed E-state index contributed by atoms with van der Waals surface area (Å²) in [7, 11) is 1.57. The van der Waals surface area contributed by atoms with Gasteiger partial charge in [-0.3, -0.25) is 4.99 Å². The summed E-state index contributed by atoms with van der Waals surface area (Å²) in [6, 6.07) is 3.65. The standard InChI is InChI=1S/C13H17NO2/c1-8-10-6-11(15)12(16-4)5-9(10)7-13(2,3)14-8/h5-6,15H,7H2,1-4H3. The minimum atomic E-state index is -0.0704. The number of aliphatic imine (C=N–C) groups is 1. The highest BCUT2D eigenvalue weighted by Crippen LogP contribution is 2.35. The van der Waals surface area contributed by atoms with Gasteiger partial charge >= 0.3 is 0 Å². The van der Waals surface area contributed by atoms with Gasteiger partial charge in [-0.1, -0.05) is 0 Å². The van der Waals surface area contributed by atoms with E-state index in [-0.39, 0.29) is 11.3 Å². The quantitative estimate of drug-likeness (QED) is 0.788. The van der Waals surface area contributed by atoms with Gasteiger partial charge in [0.1, 0.15) is 0 Å². The van der Waals surface area contributed by atoms with Crippen LogP contribution in [0.15, 0.2) is 17.1 Å². The number of phenols is 1. The molecule has 0 unspecified atom stereocenters. The van der Waals surface area contributed by atoms with Crippen LogP contribution in [-0.4, -0.2) is 23.5 Å². The first-order valence-corrected chi connectivity index (χ1v) is 5.40. The van der Waals surface area contributed by atoms with Crippen LogP contribution in [0, 0.1) is 0 Å². The second-order valence-electron chi connectivity index (χ2n) is 4.87. The molecule has 0 saturated heterocycles. The summed E-state index contributed by atoms with van der Waals surface area (Å²) in [4.78, 5) is 4.62. The van der Waals surface area contributed by atoms with Crippen molar-refractivity contribution in [1.82, 2.24) is 0 Å². The highest BCUT2D eigenvalue weighted by atomic mass is 16.5. The van der Waals surface area contributed by atoms with Gasteiger partial charge in [0.05, 0.1) is 12.6 Å². The van der Waals surface area contributed by atoms with Crippen molar-refractivity contribution in [2.24, 2.45) is 4.99 Å². The molecular formula is C13H17NO2. The molecule has 1 aromatic carbocycles. The zero-order valence-corrected chi connectivity index (χ0v) is 10.2. The van der Waals surface area contributed by atoms with Crippen molar-refractivity contribution >= 4 is 5.71 Å². The third kappa shape index (κ3) is 1.77. The highest BCUT2D eigenvalue weighted by molar-refractivity contribution is 6.01. The van der Waals surface area contributed by atoms with Crippen molar-refractivity contribution in [2.45, 2.75) is 32.7 Å². The number of hydrogen-bond donors (Lipinski definition) is 1. The number of rotatable bonds is 1. The summed E-state index contributed by atoms with van der Waals surface area (Å²) in [6.45, 7) is 6.20. The minimum absolute atomic E-state index is 0.0704. The van der Waals surface area contributed by atoms with E-state index in [0.29, 0.717) is 5.75 Å². The molecule has 3 heteroatoms. The maximum Gasteiger partial charge on any atom is 0.160 e. The molecule has 0 aromatic heterocycles. The van der Waals surface area contributed by atoms with E-state index in [1.54, 1.807) is 13.2 Å². The fourth-order valence-corrected chi connectivity index (χ4v) is 2.28. The maximum absolute atomic E-state index is 9.73. The molecule has 0 atom stereocenters. The summed E-state index contributed by atoms with van der Waals surface area (Å²) in [6.07, 6.45) is 0.871. The van der Waals surface area contributed by atoms with Crippen LogP contribution in [0.4, 0.5) is 0 Å². The average Bonchev–Trinajstić information content (AvgIpc) is 2.17. The second kappa shape index (κ2) is 3.51.